The predicted octanol–water partition coefficient (Wildman–Crippen LogP) is 2.24. The molecule has 1 unspecified atom stereocenters. The van der Waals surface area contributed by atoms with E-state index in [1.54, 1.807) is 25.1 Å². The lowest BCUT2D eigenvalue weighted by Gasteiger charge is -2.15. The summed E-state index contributed by atoms with van der Waals surface area (Å²) >= 11 is 5.74. The van der Waals surface area contributed by atoms with Gasteiger partial charge in [-0.05, 0) is 24.6 Å². The molecule has 0 bridgehead atoms. The van der Waals surface area contributed by atoms with Crippen LogP contribution in [0, 0.1) is 0 Å². The molecule has 0 saturated heterocycles. The molecule has 2 atom stereocenters. The molecule has 5 heteroatoms. The summed E-state index contributed by atoms with van der Waals surface area (Å²) in [4.78, 5) is 11.1. The number of ether oxygens (including phenoxy) is 1. The van der Waals surface area contributed by atoms with Gasteiger partial charge in [-0.1, -0.05) is 23.7 Å². The van der Waals surface area contributed by atoms with E-state index in [0.29, 0.717) is 10.6 Å². The number of nitrogens with two attached hydrogens (primary N) is 1. The van der Waals surface area contributed by atoms with Gasteiger partial charge in [-0.15, -0.1) is 0 Å². The molecule has 88 valence electrons. The van der Waals surface area contributed by atoms with Gasteiger partial charge in [0, 0.05) is 5.02 Å². The van der Waals surface area contributed by atoms with Gasteiger partial charge < -0.3 is 10.5 Å². The maximum Gasteiger partial charge on any atom is 0.342 e. The monoisotopic (exact) mass is 245 g/mol. The van der Waals surface area contributed by atoms with Gasteiger partial charge >= 0.3 is 5.97 Å². The van der Waals surface area contributed by atoms with Crippen molar-refractivity contribution in [2.45, 2.75) is 19.1 Å². The van der Waals surface area contributed by atoms with Crippen LogP contribution in [0.15, 0.2) is 24.3 Å². The van der Waals surface area contributed by atoms with Crippen molar-refractivity contribution in [3.63, 3.8) is 0 Å². The van der Waals surface area contributed by atoms with E-state index in [2.05, 4.69) is 4.74 Å². The van der Waals surface area contributed by atoms with E-state index in [1.807, 2.05) is 0 Å². The van der Waals surface area contributed by atoms with Crippen molar-refractivity contribution in [1.82, 2.24) is 0 Å². The zero-order valence-electron chi connectivity index (χ0n) is 8.82. The van der Waals surface area contributed by atoms with Gasteiger partial charge in [-0.3, -0.25) is 0 Å². The topological polar surface area (TPSA) is 52.3 Å². The lowest BCUT2D eigenvalue weighted by Crippen LogP contribution is -2.31. The highest BCUT2D eigenvalue weighted by Gasteiger charge is 2.27. The average Bonchev–Trinajstić information content (AvgIpc) is 2.27. The third-order valence-corrected chi connectivity index (χ3v) is 2.30. The minimum absolute atomic E-state index is 0.127. The molecule has 0 aliphatic rings. The van der Waals surface area contributed by atoms with E-state index in [-0.39, 0.29) is 6.61 Å². The van der Waals surface area contributed by atoms with Crippen LogP contribution < -0.4 is 5.73 Å². The van der Waals surface area contributed by atoms with Gasteiger partial charge in [0.25, 0.3) is 0 Å². The predicted molar refractivity (Wildman–Crippen MR) is 59.9 cm³/mol. The summed E-state index contributed by atoms with van der Waals surface area (Å²) < 4.78 is 18.1. The lowest BCUT2D eigenvalue weighted by atomic mass is 10.0. The first kappa shape index (κ1) is 12.9. The highest BCUT2D eigenvalue weighted by molar-refractivity contribution is 6.30. The van der Waals surface area contributed by atoms with Crippen LogP contribution in [0.1, 0.15) is 18.5 Å². The molecular weight excluding hydrogens is 233 g/mol. The molecular formula is C11H13ClFNO2. The van der Waals surface area contributed by atoms with E-state index < -0.39 is 18.2 Å². The SMILES string of the molecule is CCOC(=O)C(F)[C@@H](N)c1cccc(Cl)c1. The molecule has 0 heterocycles. The Morgan fingerprint density at radius 1 is 1.62 bits per heavy atom. The molecule has 3 nitrogen and oxygen atoms in total. The molecule has 0 saturated carbocycles. The summed E-state index contributed by atoms with van der Waals surface area (Å²) in [7, 11) is 0. The Balaban J connectivity index is 2.77. The maximum absolute atomic E-state index is 13.6. The van der Waals surface area contributed by atoms with E-state index in [9.17, 15) is 9.18 Å². The van der Waals surface area contributed by atoms with Crippen molar-refractivity contribution in [3.05, 3.63) is 34.9 Å². The lowest BCUT2D eigenvalue weighted by molar-refractivity contribution is -0.149. The minimum Gasteiger partial charge on any atom is -0.464 e. The summed E-state index contributed by atoms with van der Waals surface area (Å²) in [6.45, 7) is 1.73. The van der Waals surface area contributed by atoms with Crippen LogP contribution in [0.5, 0.6) is 0 Å². The number of halogens is 2. The fraction of sp³-hybridized carbons (Fsp3) is 0.364. The molecule has 0 amide bonds. The van der Waals surface area contributed by atoms with E-state index in [1.165, 1.54) is 6.07 Å². The van der Waals surface area contributed by atoms with Crippen molar-refractivity contribution in [1.29, 1.82) is 0 Å². The van der Waals surface area contributed by atoms with Crippen LogP contribution in [0.25, 0.3) is 0 Å². The number of carbonyl (C=O) groups is 1. The van der Waals surface area contributed by atoms with Crippen LogP contribution in [-0.2, 0) is 9.53 Å². The van der Waals surface area contributed by atoms with Gasteiger partial charge in [0.2, 0.25) is 6.17 Å². The van der Waals surface area contributed by atoms with Gasteiger partial charge in [-0.25, -0.2) is 9.18 Å². The van der Waals surface area contributed by atoms with Gasteiger partial charge in [0.15, 0.2) is 0 Å². The molecule has 0 fully saturated rings. The van der Waals surface area contributed by atoms with Gasteiger partial charge in [0.1, 0.15) is 0 Å². The number of rotatable bonds is 4. The minimum atomic E-state index is -1.88. The molecule has 1 rings (SSSR count). The summed E-state index contributed by atoms with van der Waals surface area (Å²) in [5, 5.41) is 0.448. The van der Waals surface area contributed by atoms with Crippen LogP contribution in [0.3, 0.4) is 0 Å². The molecule has 0 aliphatic carbocycles. The van der Waals surface area contributed by atoms with Crippen molar-refractivity contribution >= 4 is 17.6 Å². The Hall–Kier alpha value is -1.13. The summed E-state index contributed by atoms with van der Waals surface area (Å²) in [5.41, 5.74) is 6.07. The van der Waals surface area contributed by atoms with E-state index >= 15 is 0 Å². The van der Waals surface area contributed by atoms with E-state index in [0.717, 1.165) is 0 Å². The Morgan fingerprint density at radius 2 is 2.31 bits per heavy atom. The first-order valence-electron chi connectivity index (χ1n) is 4.88. The molecule has 16 heavy (non-hydrogen) atoms. The highest BCUT2D eigenvalue weighted by atomic mass is 35.5. The first-order valence-corrected chi connectivity index (χ1v) is 5.25. The van der Waals surface area contributed by atoms with Crippen LogP contribution >= 0.6 is 11.6 Å². The largest absolute Gasteiger partial charge is 0.464 e. The van der Waals surface area contributed by atoms with Gasteiger partial charge in [-0.2, -0.15) is 0 Å². The smallest absolute Gasteiger partial charge is 0.342 e. The fourth-order valence-corrected chi connectivity index (χ4v) is 1.45. The normalized spacial score (nSPS) is 14.2. The summed E-state index contributed by atoms with van der Waals surface area (Å²) in [5.74, 6) is -0.949. The second kappa shape index (κ2) is 5.82. The Labute approximate surface area is 98.3 Å². The molecule has 2 N–H and O–H groups in total. The summed E-state index contributed by atoms with van der Waals surface area (Å²) in [6, 6.07) is 5.38. The third kappa shape index (κ3) is 3.18. The Bertz CT molecular complexity index is 373. The fourth-order valence-electron chi connectivity index (χ4n) is 1.25. The van der Waals surface area contributed by atoms with Crippen molar-refractivity contribution in [2.24, 2.45) is 5.73 Å². The number of hydrogen-bond donors (Lipinski definition) is 1. The number of benzene rings is 1. The number of alkyl halides is 1. The zero-order valence-corrected chi connectivity index (χ0v) is 9.58. The molecule has 1 aromatic rings. The number of carbonyl (C=O) groups excluding carboxylic acids is 1. The third-order valence-electron chi connectivity index (χ3n) is 2.06. The maximum atomic E-state index is 13.6. The molecule has 0 aliphatic heterocycles. The highest BCUT2D eigenvalue weighted by Crippen LogP contribution is 2.21. The van der Waals surface area contributed by atoms with Crippen LogP contribution in [0.4, 0.5) is 4.39 Å². The number of hydrogen-bond acceptors (Lipinski definition) is 3. The first-order chi connectivity index (χ1) is 7.56. The molecule has 0 aromatic heterocycles. The Kier molecular flexibility index (Phi) is 4.71. The standard InChI is InChI=1S/C11H13ClFNO2/c1-2-16-11(15)9(13)10(14)7-4-3-5-8(12)6-7/h3-6,9-10H,2,14H2,1H3/t9?,10-/m0/s1. The Morgan fingerprint density at radius 3 is 2.88 bits per heavy atom. The van der Waals surface area contributed by atoms with E-state index in [4.69, 9.17) is 17.3 Å². The quantitative estimate of drug-likeness (QED) is 0.828. The van der Waals surface area contributed by atoms with Crippen molar-refractivity contribution < 1.29 is 13.9 Å². The number of esters is 1. The van der Waals surface area contributed by atoms with Crippen LogP contribution in [-0.4, -0.2) is 18.7 Å². The summed E-state index contributed by atoms with van der Waals surface area (Å²) in [6.07, 6.45) is -1.88. The van der Waals surface area contributed by atoms with Gasteiger partial charge in [0.05, 0.1) is 12.6 Å². The second-order valence-corrected chi connectivity index (χ2v) is 3.67. The average molecular weight is 246 g/mol. The molecule has 1 aromatic carbocycles. The van der Waals surface area contributed by atoms with Crippen molar-refractivity contribution in [2.75, 3.05) is 6.61 Å². The second-order valence-electron chi connectivity index (χ2n) is 3.23. The zero-order chi connectivity index (χ0) is 12.1. The molecule has 0 spiro atoms. The van der Waals surface area contributed by atoms with Crippen LogP contribution in [0.2, 0.25) is 5.02 Å². The van der Waals surface area contributed by atoms with Crippen molar-refractivity contribution in [3.8, 4) is 0 Å². The molecule has 0 radical (unpaired) electrons.